The Morgan fingerprint density at radius 3 is 2.42 bits per heavy atom. The van der Waals surface area contributed by atoms with Crippen LogP contribution in [-0.4, -0.2) is 49.4 Å². The lowest BCUT2D eigenvalue weighted by atomic mass is 10.1. The molecule has 9 nitrogen and oxygen atoms in total. The standard InChI is InChI=1S/C21H23N3O6S/c1-31(29,30)19-12-17(11-18(13-19)24(27)28)20(25)22-14-15-6-5-7-16(10-15)21(26)23-8-3-2-4-9-23/h5-7,10-13H,2-4,8-9,14H2,1H3,(H,22,25). The molecule has 0 atom stereocenters. The Hall–Kier alpha value is -3.27. The number of benzene rings is 2. The van der Waals surface area contributed by atoms with Crippen LogP contribution in [0.2, 0.25) is 0 Å². The maximum atomic E-state index is 12.7. The number of nitro benzene ring substituents is 1. The highest BCUT2D eigenvalue weighted by molar-refractivity contribution is 7.90. The van der Waals surface area contributed by atoms with Crippen molar-refractivity contribution >= 4 is 27.3 Å². The summed E-state index contributed by atoms with van der Waals surface area (Å²) in [6.07, 6.45) is 4.01. The third kappa shape index (κ3) is 5.66. The molecule has 2 aromatic carbocycles. The van der Waals surface area contributed by atoms with E-state index in [0.717, 1.165) is 56.8 Å². The average molecular weight is 445 g/mol. The van der Waals surface area contributed by atoms with E-state index in [1.807, 2.05) is 4.90 Å². The van der Waals surface area contributed by atoms with E-state index >= 15 is 0 Å². The third-order valence-corrected chi connectivity index (χ3v) is 6.15. The molecule has 0 radical (unpaired) electrons. The lowest BCUT2D eigenvalue weighted by Gasteiger charge is -2.26. The molecule has 164 valence electrons. The summed E-state index contributed by atoms with van der Waals surface area (Å²) in [5, 5.41) is 13.7. The van der Waals surface area contributed by atoms with Crippen LogP contribution in [0.3, 0.4) is 0 Å². The van der Waals surface area contributed by atoms with Crippen molar-refractivity contribution in [2.24, 2.45) is 0 Å². The predicted molar refractivity (Wildman–Crippen MR) is 114 cm³/mol. The second-order valence-corrected chi connectivity index (χ2v) is 9.50. The van der Waals surface area contributed by atoms with E-state index < -0.39 is 26.4 Å². The second-order valence-electron chi connectivity index (χ2n) is 7.48. The van der Waals surface area contributed by atoms with Crippen molar-refractivity contribution in [3.05, 3.63) is 69.3 Å². The van der Waals surface area contributed by atoms with Gasteiger partial charge in [0.1, 0.15) is 0 Å². The summed E-state index contributed by atoms with van der Waals surface area (Å²) in [6, 6.07) is 9.96. The number of piperidine rings is 1. The molecule has 1 saturated heterocycles. The molecule has 31 heavy (non-hydrogen) atoms. The maximum Gasteiger partial charge on any atom is 0.271 e. The normalized spacial score (nSPS) is 14.2. The summed E-state index contributed by atoms with van der Waals surface area (Å²) in [6.45, 7) is 1.54. The number of nitrogens with zero attached hydrogens (tertiary/aromatic N) is 2. The zero-order valence-electron chi connectivity index (χ0n) is 17.0. The van der Waals surface area contributed by atoms with Gasteiger partial charge in [0.15, 0.2) is 9.84 Å². The lowest BCUT2D eigenvalue weighted by Crippen LogP contribution is -2.35. The monoisotopic (exact) mass is 445 g/mol. The van der Waals surface area contributed by atoms with Crippen molar-refractivity contribution in [2.45, 2.75) is 30.7 Å². The van der Waals surface area contributed by atoms with Crippen molar-refractivity contribution in [1.82, 2.24) is 10.2 Å². The number of nitro groups is 1. The van der Waals surface area contributed by atoms with E-state index in [4.69, 9.17) is 0 Å². The van der Waals surface area contributed by atoms with Gasteiger partial charge in [0.05, 0.1) is 9.82 Å². The second kappa shape index (κ2) is 9.25. The van der Waals surface area contributed by atoms with Crippen LogP contribution in [0.4, 0.5) is 5.69 Å². The summed E-state index contributed by atoms with van der Waals surface area (Å²) in [5.74, 6) is -0.703. The Morgan fingerprint density at radius 2 is 1.77 bits per heavy atom. The van der Waals surface area contributed by atoms with Crippen LogP contribution < -0.4 is 5.32 Å². The molecule has 1 N–H and O–H groups in total. The molecule has 0 bridgehead atoms. The summed E-state index contributed by atoms with van der Waals surface area (Å²) in [4.78, 5) is 37.1. The van der Waals surface area contributed by atoms with Gasteiger partial charge in [-0.05, 0) is 43.0 Å². The molecule has 0 aromatic heterocycles. The fraction of sp³-hybridized carbons (Fsp3) is 0.333. The average Bonchev–Trinajstić information content (AvgIpc) is 2.76. The molecule has 10 heteroatoms. The van der Waals surface area contributed by atoms with E-state index in [1.54, 1.807) is 24.3 Å². The fourth-order valence-corrected chi connectivity index (χ4v) is 4.09. The van der Waals surface area contributed by atoms with Crippen molar-refractivity contribution in [2.75, 3.05) is 19.3 Å². The summed E-state index contributed by atoms with van der Waals surface area (Å²) in [7, 11) is -3.73. The molecule has 0 spiro atoms. The van der Waals surface area contributed by atoms with Crippen LogP contribution in [0.25, 0.3) is 0 Å². The lowest BCUT2D eigenvalue weighted by molar-refractivity contribution is -0.385. The van der Waals surface area contributed by atoms with Crippen LogP contribution in [0.15, 0.2) is 47.4 Å². The first-order valence-electron chi connectivity index (χ1n) is 9.81. The molecule has 1 aliphatic heterocycles. The minimum Gasteiger partial charge on any atom is -0.348 e. The van der Waals surface area contributed by atoms with Crippen LogP contribution in [-0.2, 0) is 16.4 Å². The molecule has 1 fully saturated rings. The molecule has 0 saturated carbocycles. The number of rotatable bonds is 6. The molecule has 0 aliphatic carbocycles. The Balaban J connectivity index is 1.74. The van der Waals surface area contributed by atoms with Gasteiger partial charge in [0.2, 0.25) is 0 Å². The zero-order valence-corrected chi connectivity index (χ0v) is 17.9. The molecule has 3 rings (SSSR count). The van der Waals surface area contributed by atoms with Crippen LogP contribution >= 0.6 is 0 Å². The molecule has 1 heterocycles. The highest BCUT2D eigenvalue weighted by Crippen LogP contribution is 2.21. The predicted octanol–water partition coefficient (Wildman–Crippen LogP) is 2.55. The zero-order chi connectivity index (χ0) is 22.6. The number of sulfone groups is 1. The van der Waals surface area contributed by atoms with Crippen molar-refractivity contribution in [3.8, 4) is 0 Å². The number of hydrogen-bond acceptors (Lipinski definition) is 6. The molecule has 1 aliphatic rings. The highest BCUT2D eigenvalue weighted by Gasteiger charge is 2.20. The van der Waals surface area contributed by atoms with Crippen LogP contribution in [0.1, 0.15) is 45.5 Å². The van der Waals surface area contributed by atoms with E-state index in [0.29, 0.717) is 11.1 Å². The van der Waals surface area contributed by atoms with E-state index in [9.17, 15) is 28.1 Å². The minimum absolute atomic E-state index is 0.0515. The first kappa shape index (κ1) is 22.4. The molecule has 2 amide bonds. The van der Waals surface area contributed by atoms with E-state index in [1.165, 1.54) is 0 Å². The molecular weight excluding hydrogens is 422 g/mol. The van der Waals surface area contributed by atoms with Gasteiger partial charge in [-0.3, -0.25) is 19.7 Å². The van der Waals surface area contributed by atoms with Crippen molar-refractivity contribution in [3.63, 3.8) is 0 Å². The summed E-state index contributed by atoms with van der Waals surface area (Å²) < 4.78 is 23.6. The van der Waals surface area contributed by atoms with Crippen LogP contribution in [0, 0.1) is 10.1 Å². The molecule has 0 unspecified atom stereocenters. The Labute approximate surface area is 180 Å². The smallest absolute Gasteiger partial charge is 0.271 e. The topological polar surface area (TPSA) is 127 Å². The van der Waals surface area contributed by atoms with Gasteiger partial charge in [0.25, 0.3) is 17.5 Å². The summed E-state index contributed by atoms with van der Waals surface area (Å²) in [5.41, 5.74) is 0.603. The fourth-order valence-electron chi connectivity index (χ4n) is 3.41. The van der Waals surface area contributed by atoms with Gasteiger partial charge in [-0.25, -0.2) is 8.42 Å². The van der Waals surface area contributed by atoms with Gasteiger partial charge >= 0.3 is 0 Å². The Kier molecular flexibility index (Phi) is 6.69. The Morgan fingerprint density at radius 1 is 1.06 bits per heavy atom. The van der Waals surface area contributed by atoms with Crippen molar-refractivity contribution < 1.29 is 22.9 Å². The molecular formula is C21H23N3O6S. The summed E-state index contributed by atoms with van der Waals surface area (Å²) >= 11 is 0. The number of nitrogens with one attached hydrogen (secondary N) is 1. The quantitative estimate of drug-likeness (QED) is 0.538. The number of hydrogen-bond donors (Lipinski definition) is 1. The first-order valence-corrected chi connectivity index (χ1v) is 11.7. The number of non-ortho nitro benzene ring substituents is 1. The largest absolute Gasteiger partial charge is 0.348 e. The highest BCUT2D eigenvalue weighted by atomic mass is 32.2. The molecule has 2 aromatic rings. The van der Waals surface area contributed by atoms with E-state index in [2.05, 4.69) is 5.32 Å². The SMILES string of the molecule is CS(=O)(=O)c1cc(C(=O)NCc2cccc(C(=O)N3CCCCC3)c2)cc([N+](=O)[O-])c1. The minimum atomic E-state index is -3.73. The van der Waals surface area contributed by atoms with Crippen molar-refractivity contribution in [1.29, 1.82) is 0 Å². The third-order valence-electron chi connectivity index (χ3n) is 5.06. The van der Waals surface area contributed by atoms with Crippen LogP contribution in [0.5, 0.6) is 0 Å². The Bertz CT molecular complexity index is 1120. The van der Waals surface area contributed by atoms with Gasteiger partial charge in [-0.1, -0.05) is 12.1 Å². The number of amides is 2. The maximum absolute atomic E-state index is 12.7. The van der Waals surface area contributed by atoms with E-state index in [-0.39, 0.29) is 22.9 Å². The van der Waals surface area contributed by atoms with Gasteiger partial charge in [-0.15, -0.1) is 0 Å². The van der Waals surface area contributed by atoms with Gasteiger partial charge < -0.3 is 10.2 Å². The first-order chi connectivity index (χ1) is 14.6. The number of carbonyl (C=O) groups excluding carboxylic acids is 2. The number of carbonyl (C=O) groups is 2. The number of likely N-dealkylation sites (tertiary alicyclic amines) is 1. The van der Waals surface area contributed by atoms with Gasteiger partial charge in [-0.2, -0.15) is 0 Å². The van der Waals surface area contributed by atoms with Gasteiger partial charge in [0, 0.05) is 49.1 Å².